The van der Waals surface area contributed by atoms with Crippen molar-refractivity contribution < 1.29 is 18.6 Å². The van der Waals surface area contributed by atoms with Gasteiger partial charge in [0.2, 0.25) is 0 Å². The number of aromatic hydroxyl groups is 2. The molecule has 0 radical (unpaired) electrons. The fourth-order valence-corrected chi connectivity index (χ4v) is 1.63. The average molecular weight is 216 g/mol. The van der Waals surface area contributed by atoms with Crippen molar-refractivity contribution in [2.75, 3.05) is 12.0 Å². The Balaban J connectivity index is 2.74. The number of phenolic OH excluding ortho intramolecular Hbond substituents is 2. The zero-order valence-corrected chi connectivity index (χ0v) is 8.58. The zero-order chi connectivity index (χ0) is 10.8. The van der Waals surface area contributed by atoms with Crippen LogP contribution in [0.5, 0.6) is 11.5 Å². The van der Waals surface area contributed by atoms with Gasteiger partial charge in [0.05, 0.1) is 5.75 Å². The van der Waals surface area contributed by atoms with Crippen LogP contribution >= 0.6 is 0 Å². The Labute approximate surface area is 82.7 Å². The van der Waals surface area contributed by atoms with Gasteiger partial charge in [0.25, 0.3) is 0 Å². The predicted octanol–water partition coefficient (Wildman–Crippen LogP) is 0.685. The number of sulfone groups is 1. The first-order valence-electron chi connectivity index (χ1n) is 4.07. The molecule has 14 heavy (non-hydrogen) atoms. The fourth-order valence-electron chi connectivity index (χ4n) is 1.03. The van der Waals surface area contributed by atoms with E-state index in [0.717, 1.165) is 6.26 Å². The van der Waals surface area contributed by atoms with Crippen LogP contribution in [0.25, 0.3) is 0 Å². The van der Waals surface area contributed by atoms with Crippen molar-refractivity contribution in [3.8, 4) is 11.5 Å². The van der Waals surface area contributed by atoms with E-state index in [1.165, 1.54) is 12.1 Å². The monoisotopic (exact) mass is 216 g/mol. The van der Waals surface area contributed by atoms with Gasteiger partial charge in [-0.3, -0.25) is 0 Å². The molecule has 1 aromatic carbocycles. The van der Waals surface area contributed by atoms with E-state index in [4.69, 9.17) is 10.2 Å². The first kappa shape index (κ1) is 10.8. The molecule has 0 atom stereocenters. The van der Waals surface area contributed by atoms with Crippen LogP contribution in [-0.2, 0) is 16.3 Å². The highest BCUT2D eigenvalue weighted by atomic mass is 32.2. The van der Waals surface area contributed by atoms with Gasteiger partial charge in [-0.15, -0.1) is 0 Å². The first-order chi connectivity index (χ1) is 6.38. The third-order valence-corrected chi connectivity index (χ3v) is 2.75. The summed E-state index contributed by atoms with van der Waals surface area (Å²) in [6.07, 6.45) is 1.50. The van der Waals surface area contributed by atoms with Crippen molar-refractivity contribution in [3.63, 3.8) is 0 Å². The fraction of sp³-hybridized carbons (Fsp3) is 0.333. The lowest BCUT2D eigenvalue weighted by Gasteiger charge is -2.02. The van der Waals surface area contributed by atoms with Gasteiger partial charge in [-0.1, -0.05) is 6.07 Å². The van der Waals surface area contributed by atoms with Crippen LogP contribution in [-0.4, -0.2) is 30.6 Å². The lowest BCUT2D eigenvalue weighted by atomic mass is 10.1. The summed E-state index contributed by atoms with van der Waals surface area (Å²) in [6.45, 7) is 0. The molecule has 1 aromatic rings. The van der Waals surface area contributed by atoms with Crippen LogP contribution in [0.15, 0.2) is 18.2 Å². The van der Waals surface area contributed by atoms with Gasteiger partial charge in [-0.25, -0.2) is 8.42 Å². The smallest absolute Gasteiger partial charge is 0.157 e. The number of rotatable bonds is 3. The third-order valence-electron chi connectivity index (χ3n) is 1.80. The van der Waals surface area contributed by atoms with Gasteiger partial charge in [0.15, 0.2) is 11.5 Å². The maximum atomic E-state index is 10.8. The molecule has 0 aliphatic carbocycles. The molecule has 0 bridgehead atoms. The minimum atomic E-state index is -2.99. The molecule has 0 saturated carbocycles. The van der Waals surface area contributed by atoms with Crippen LogP contribution in [0.4, 0.5) is 0 Å². The quantitative estimate of drug-likeness (QED) is 0.729. The summed E-state index contributed by atoms with van der Waals surface area (Å²) in [5.41, 5.74) is 0.686. The normalized spacial score (nSPS) is 11.5. The maximum absolute atomic E-state index is 10.8. The van der Waals surface area contributed by atoms with Crippen LogP contribution in [0.3, 0.4) is 0 Å². The van der Waals surface area contributed by atoms with E-state index in [2.05, 4.69) is 0 Å². The van der Waals surface area contributed by atoms with E-state index < -0.39 is 9.84 Å². The SMILES string of the molecule is CS(=O)(=O)CCc1ccc(O)c(O)c1. The van der Waals surface area contributed by atoms with E-state index in [1.807, 2.05) is 0 Å². The maximum Gasteiger partial charge on any atom is 0.157 e. The number of hydrogen-bond acceptors (Lipinski definition) is 4. The molecule has 78 valence electrons. The summed E-state index contributed by atoms with van der Waals surface area (Å²) in [5, 5.41) is 18.1. The summed E-state index contributed by atoms with van der Waals surface area (Å²) in [6, 6.07) is 4.29. The van der Waals surface area contributed by atoms with Crippen molar-refractivity contribution in [2.24, 2.45) is 0 Å². The summed E-state index contributed by atoms with van der Waals surface area (Å²) in [5.74, 6) is -0.388. The molecule has 5 heteroatoms. The molecular formula is C9H12O4S. The Morgan fingerprint density at radius 2 is 1.86 bits per heavy atom. The number of phenols is 2. The molecule has 0 aliphatic rings. The van der Waals surface area contributed by atoms with Crippen LogP contribution in [0, 0.1) is 0 Å². The van der Waals surface area contributed by atoms with E-state index in [9.17, 15) is 8.42 Å². The molecule has 0 saturated heterocycles. The van der Waals surface area contributed by atoms with Gasteiger partial charge in [0.1, 0.15) is 9.84 Å². The average Bonchev–Trinajstić information content (AvgIpc) is 2.06. The number of benzene rings is 1. The van der Waals surface area contributed by atoms with E-state index in [1.54, 1.807) is 6.07 Å². The topological polar surface area (TPSA) is 74.6 Å². The highest BCUT2D eigenvalue weighted by Gasteiger charge is 2.05. The number of hydrogen-bond donors (Lipinski definition) is 2. The van der Waals surface area contributed by atoms with Gasteiger partial charge >= 0.3 is 0 Å². The third kappa shape index (κ3) is 3.26. The largest absolute Gasteiger partial charge is 0.504 e. The van der Waals surface area contributed by atoms with Gasteiger partial charge in [-0.2, -0.15) is 0 Å². The van der Waals surface area contributed by atoms with Crippen molar-refractivity contribution >= 4 is 9.84 Å². The second-order valence-corrected chi connectivity index (χ2v) is 5.46. The van der Waals surface area contributed by atoms with Gasteiger partial charge in [-0.05, 0) is 24.1 Å². The molecule has 0 fully saturated rings. The molecule has 1 rings (SSSR count). The molecule has 0 aliphatic heterocycles. The summed E-state index contributed by atoms with van der Waals surface area (Å²) >= 11 is 0. The standard InChI is InChI=1S/C9H12O4S/c1-14(12,13)5-4-7-2-3-8(10)9(11)6-7/h2-3,6,10-11H,4-5H2,1H3. The zero-order valence-electron chi connectivity index (χ0n) is 7.77. The van der Waals surface area contributed by atoms with Gasteiger partial charge in [0, 0.05) is 6.26 Å². The summed E-state index contributed by atoms with van der Waals surface area (Å²) in [4.78, 5) is 0. The summed E-state index contributed by atoms with van der Waals surface area (Å²) < 4.78 is 21.7. The molecule has 0 amide bonds. The van der Waals surface area contributed by atoms with E-state index in [-0.39, 0.29) is 17.3 Å². The highest BCUT2D eigenvalue weighted by molar-refractivity contribution is 7.90. The second kappa shape index (κ2) is 3.88. The Bertz CT molecular complexity index is 422. The Morgan fingerprint density at radius 3 is 2.36 bits per heavy atom. The Hall–Kier alpha value is -1.23. The van der Waals surface area contributed by atoms with Crippen molar-refractivity contribution in [1.82, 2.24) is 0 Å². The van der Waals surface area contributed by atoms with Crippen LogP contribution in [0.1, 0.15) is 5.56 Å². The molecule has 0 unspecified atom stereocenters. The predicted molar refractivity (Wildman–Crippen MR) is 53.2 cm³/mol. The molecule has 4 nitrogen and oxygen atoms in total. The second-order valence-electron chi connectivity index (χ2n) is 3.20. The number of aryl methyl sites for hydroxylation is 1. The van der Waals surface area contributed by atoms with E-state index in [0.29, 0.717) is 12.0 Å². The molecular weight excluding hydrogens is 204 g/mol. The van der Waals surface area contributed by atoms with Crippen LogP contribution in [0.2, 0.25) is 0 Å². The van der Waals surface area contributed by atoms with Crippen molar-refractivity contribution in [2.45, 2.75) is 6.42 Å². The van der Waals surface area contributed by atoms with Crippen LogP contribution < -0.4 is 0 Å². The molecule has 0 spiro atoms. The molecule has 0 aromatic heterocycles. The van der Waals surface area contributed by atoms with E-state index >= 15 is 0 Å². The lowest BCUT2D eigenvalue weighted by Crippen LogP contribution is -2.05. The first-order valence-corrected chi connectivity index (χ1v) is 6.13. The Kier molecular flexibility index (Phi) is 3.00. The lowest BCUT2D eigenvalue weighted by molar-refractivity contribution is 0.403. The highest BCUT2D eigenvalue weighted by Crippen LogP contribution is 2.24. The molecule has 0 heterocycles. The minimum Gasteiger partial charge on any atom is -0.504 e. The molecule has 2 N–H and O–H groups in total. The summed E-state index contributed by atoms with van der Waals surface area (Å²) in [7, 11) is -2.99. The van der Waals surface area contributed by atoms with Crippen molar-refractivity contribution in [1.29, 1.82) is 0 Å². The minimum absolute atomic E-state index is 0.0389. The van der Waals surface area contributed by atoms with Crippen molar-refractivity contribution in [3.05, 3.63) is 23.8 Å². The van der Waals surface area contributed by atoms with Gasteiger partial charge < -0.3 is 10.2 Å². The Morgan fingerprint density at radius 1 is 1.21 bits per heavy atom.